The van der Waals surface area contributed by atoms with E-state index >= 15 is 0 Å². The van der Waals surface area contributed by atoms with Gasteiger partial charge in [-0.3, -0.25) is 4.79 Å². The van der Waals surface area contributed by atoms with Crippen LogP contribution in [0.2, 0.25) is 0 Å². The van der Waals surface area contributed by atoms with Crippen LogP contribution in [0.4, 0.5) is 5.69 Å². The van der Waals surface area contributed by atoms with Gasteiger partial charge in [-0.1, -0.05) is 12.6 Å². The van der Waals surface area contributed by atoms with Crippen molar-refractivity contribution in [2.24, 2.45) is 0 Å². The molecule has 1 rings (SSSR count). The smallest absolute Gasteiger partial charge is 0.247 e. The number of hydrogen-bond acceptors (Lipinski definition) is 3. The van der Waals surface area contributed by atoms with Gasteiger partial charge in [-0.2, -0.15) is 0 Å². The Morgan fingerprint density at radius 1 is 1.53 bits per heavy atom. The van der Waals surface area contributed by atoms with E-state index in [0.29, 0.717) is 18.0 Å². The highest BCUT2D eigenvalue weighted by Gasteiger charge is 2.06. The summed E-state index contributed by atoms with van der Waals surface area (Å²) in [7, 11) is 0. The molecule has 0 radical (unpaired) electrons. The number of hydrogen-bond donors (Lipinski definition) is 1. The molecule has 0 unspecified atom stereocenters. The van der Waals surface area contributed by atoms with Crippen molar-refractivity contribution in [2.45, 2.75) is 13.8 Å². The fourth-order valence-electron chi connectivity index (χ4n) is 1.24. The second-order valence-corrected chi connectivity index (χ2v) is 3.45. The van der Waals surface area contributed by atoms with Gasteiger partial charge in [-0.15, -0.1) is 0 Å². The summed E-state index contributed by atoms with van der Waals surface area (Å²) in [6.45, 7) is 7.98. The Hall–Kier alpha value is -1.81. The van der Waals surface area contributed by atoms with Crippen LogP contribution in [-0.4, -0.2) is 19.3 Å². The topological polar surface area (TPSA) is 47.6 Å². The fourth-order valence-corrected chi connectivity index (χ4v) is 1.24. The highest BCUT2D eigenvalue weighted by molar-refractivity contribution is 5.99. The molecule has 0 fully saturated rings. The maximum atomic E-state index is 11.3. The predicted molar refractivity (Wildman–Crippen MR) is 67.1 cm³/mol. The summed E-state index contributed by atoms with van der Waals surface area (Å²) in [4.78, 5) is 11.3. The van der Waals surface area contributed by atoms with Crippen molar-refractivity contribution >= 4 is 11.6 Å². The van der Waals surface area contributed by atoms with Gasteiger partial charge in [0.2, 0.25) is 5.91 Å². The number of rotatable bonds is 6. The van der Waals surface area contributed by atoms with E-state index in [1.807, 2.05) is 26.0 Å². The van der Waals surface area contributed by atoms with Crippen molar-refractivity contribution < 1.29 is 14.3 Å². The van der Waals surface area contributed by atoms with Gasteiger partial charge < -0.3 is 14.8 Å². The van der Waals surface area contributed by atoms with Crippen LogP contribution < -0.4 is 10.1 Å². The summed E-state index contributed by atoms with van der Waals surface area (Å²) in [5.41, 5.74) is 1.66. The van der Waals surface area contributed by atoms with Crippen molar-refractivity contribution in [1.29, 1.82) is 0 Å². The van der Waals surface area contributed by atoms with E-state index < -0.39 is 0 Å². The van der Waals surface area contributed by atoms with Crippen molar-refractivity contribution in [1.82, 2.24) is 0 Å². The zero-order chi connectivity index (χ0) is 12.7. The van der Waals surface area contributed by atoms with Crippen LogP contribution in [0.1, 0.15) is 12.5 Å². The van der Waals surface area contributed by atoms with E-state index in [4.69, 9.17) is 9.47 Å². The second kappa shape index (κ2) is 6.70. The van der Waals surface area contributed by atoms with Gasteiger partial charge in [0.05, 0.1) is 5.69 Å². The molecule has 1 aromatic rings. The Morgan fingerprint density at radius 2 is 2.29 bits per heavy atom. The van der Waals surface area contributed by atoms with Gasteiger partial charge in [0, 0.05) is 6.61 Å². The van der Waals surface area contributed by atoms with Gasteiger partial charge >= 0.3 is 0 Å². The number of carbonyl (C=O) groups is 1. The maximum Gasteiger partial charge on any atom is 0.247 e. The molecule has 1 N–H and O–H groups in total. The molecule has 17 heavy (non-hydrogen) atoms. The fraction of sp³-hybridized carbons (Fsp3) is 0.308. The molecule has 92 valence electrons. The van der Waals surface area contributed by atoms with E-state index in [2.05, 4.69) is 11.9 Å². The highest BCUT2D eigenvalue weighted by Crippen LogP contribution is 2.25. The van der Waals surface area contributed by atoms with Crippen LogP contribution in [0.15, 0.2) is 30.9 Å². The summed E-state index contributed by atoms with van der Waals surface area (Å²) in [5, 5.41) is 2.69. The van der Waals surface area contributed by atoms with Gasteiger partial charge in [0.25, 0.3) is 0 Å². The Labute approximate surface area is 101 Å². The van der Waals surface area contributed by atoms with Gasteiger partial charge in [-0.05, 0) is 37.6 Å². The Balaban J connectivity index is 2.79. The summed E-state index contributed by atoms with van der Waals surface area (Å²) in [6, 6.07) is 5.54. The van der Waals surface area contributed by atoms with Crippen LogP contribution in [0.3, 0.4) is 0 Å². The Kier molecular flexibility index (Phi) is 5.23. The molecule has 0 atom stereocenters. The molecule has 0 bridgehead atoms. The molecule has 0 saturated carbocycles. The molecule has 1 aromatic carbocycles. The monoisotopic (exact) mass is 235 g/mol. The highest BCUT2D eigenvalue weighted by atomic mass is 16.7. The van der Waals surface area contributed by atoms with Gasteiger partial charge in [0.15, 0.2) is 6.79 Å². The third kappa shape index (κ3) is 4.28. The van der Waals surface area contributed by atoms with Crippen LogP contribution >= 0.6 is 0 Å². The lowest BCUT2D eigenvalue weighted by molar-refractivity contribution is -0.111. The largest absolute Gasteiger partial charge is 0.465 e. The van der Waals surface area contributed by atoms with Crippen molar-refractivity contribution in [2.75, 3.05) is 18.7 Å². The van der Waals surface area contributed by atoms with E-state index in [0.717, 1.165) is 5.56 Å². The first kappa shape index (κ1) is 13.3. The molecule has 0 aliphatic carbocycles. The zero-order valence-corrected chi connectivity index (χ0v) is 10.2. The van der Waals surface area contributed by atoms with E-state index in [1.54, 1.807) is 6.07 Å². The van der Waals surface area contributed by atoms with Gasteiger partial charge in [0.1, 0.15) is 5.75 Å². The summed E-state index contributed by atoms with van der Waals surface area (Å²) < 4.78 is 10.5. The summed E-state index contributed by atoms with van der Waals surface area (Å²) in [5.74, 6) is 0.316. The molecule has 1 amide bonds. The number of ether oxygens (including phenoxy) is 2. The first-order chi connectivity index (χ1) is 8.17. The van der Waals surface area contributed by atoms with E-state index in [9.17, 15) is 4.79 Å². The van der Waals surface area contributed by atoms with E-state index in [-0.39, 0.29) is 12.7 Å². The molecule has 0 aliphatic rings. The third-order valence-electron chi connectivity index (χ3n) is 2.08. The van der Waals surface area contributed by atoms with E-state index in [1.165, 1.54) is 6.08 Å². The summed E-state index contributed by atoms with van der Waals surface area (Å²) in [6.07, 6.45) is 1.22. The zero-order valence-electron chi connectivity index (χ0n) is 10.2. The van der Waals surface area contributed by atoms with Crippen LogP contribution in [0.5, 0.6) is 5.75 Å². The maximum absolute atomic E-state index is 11.3. The lowest BCUT2D eigenvalue weighted by atomic mass is 10.2. The third-order valence-corrected chi connectivity index (χ3v) is 2.08. The van der Waals surface area contributed by atoms with Crippen LogP contribution in [0.25, 0.3) is 0 Å². The molecule has 0 aliphatic heterocycles. The molecule has 4 nitrogen and oxygen atoms in total. The molecular formula is C13H17NO3. The average Bonchev–Trinajstić information content (AvgIpc) is 2.32. The minimum absolute atomic E-state index is 0.163. The average molecular weight is 235 g/mol. The Bertz CT molecular complexity index is 402. The second-order valence-electron chi connectivity index (χ2n) is 3.45. The number of benzene rings is 1. The number of nitrogens with one attached hydrogen (secondary N) is 1. The molecular weight excluding hydrogens is 218 g/mol. The lowest BCUT2D eigenvalue weighted by Gasteiger charge is -2.12. The predicted octanol–water partition coefficient (Wildman–Crippen LogP) is 2.49. The molecule has 0 heterocycles. The normalized spacial score (nSPS) is 9.76. The van der Waals surface area contributed by atoms with Crippen molar-refractivity contribution in [3.05, 3.63) is 36.4 Å². The van der Waals surface area contributed by atoms with Crippen molar-refractivity contribution in [3.8, 4) is 5.75 Å². The van der Waals surface area contributed by atoms with Crippen molar-refractivity contribution in [3.63, 3.8) is 0 Å². The minimum Gasteiger partial charge on any atom is -0.465 e. The van der Waals surface area contributed by atoms with Gasteiger partial charge in [-0.25, -0.2) is 0 Å². The first-order valence-electron chi connectivity index (χ1n) is 5.42. The quantitative estimate of drug-likeness (QED) is 0.468. The molecule has 0 spiro atoms. The standard InChI is InChI=1S/C13H17NO3/c1-4-13(15)14-11-8-10(3)6-7-12(11)17-9-16-5-2/h4,6-8H,1,5,9H2,2-3H3,(H,14,15). The number of carbonyl (C=O) groups excluding carboxylic acids is 1. The number of amides is 1. The molecule has 4 heteroatoms. The minimum atomic E-state index is -0.267. The number of anilines is 1. The molecule has 0 saturated heterocycles. The SMILES string of the molecule is C=CC(=O)Nc1cc(C)ccc1OCOCC. The first-order valence-corrected chi connectivity index (χ1v) is 5.42. The lowest BCUT2D eigenvalue weighted by Crippen LogP contribution is -2.10. The van der Waals surface area contributed by atoms with Crippen LogP contribution in [-0.2, 0) is 9.53 Å². The molecule has 0 aromatic heterocycles. The van der Waals surface area contributed by atoms with Crippen LogP contribution in [0, 0.1) is 6.92 Å². The number of aryl methyl sites for hydroxylation is 1. The Morgan fingerprint density at radius 3 is 2.94 bits per heavy atom. The summed E-state index contributed by atoms with van der Waals surface area (Å²) >= 11 is 0.